The smallest absolute Gasteiger partial charge is 0.229 e. The van der Waals surface area contributed by atoms with Crippen molar-refractivity contribution in [3.8, 4) is 5.75 Å². The zero-order valence-electron chi connectivity index (χ0n) is 14.4. The van der Waals surface area contributed by atoms with Crippen LogP contribution in [0.15, 0.2) is 42.6 Å². The van der Waals surface area contributed by atoms with Crippen LogP contribution in [-0.4, -0.2) is 44.0 Å². The van der Waals surface area contributed by atoms with E-state index in [-0.39, 0.29) is 29.9 Å². The standard InChI is InChI=1S/C18H21N3O4S/c1-25-16-5-2-13(3-6-16)10-18(22)21-17-7-4-14(11-19-17)20-15-8-9-26(23,24)12-15/h2-7,11,15,20H,8-10,12H2,1H3,(H,19,21,22). The summed E-state index contributed by atoms with van der Waals surface area (Å²) in [6.45, 7) is 0. The second-order valence-corrected chi connectivity index (χ2v) is 8.48. The van der Waals surface area contributed by atoms with Gasteiger partial charge in [-0.05, 0) is 36.2 Å². The largest absolute Gasteiger partial charge is 0.497 e. The maximum Gasteiger partial charge on any atom is 0.229 e. The molecule has 1 saturated heterocycles. The third kappa shape index (κ3) is 4.95. The molecule has 7 nitrogen and oxygen atoms in total. The lowest BCUT2D eigenvalue weighted by molar-refractivity contribution is -0.115. The first kappa shape index (κ1) is 18.2. The average Bonchev–Trinajstić information content (AvgIpc) is 2.96. The molecule has 2 heterocycles. The topological polar surface area (TPSA) is 97.4 Å². The predicted molar refractivity (Wildman–Crippen MR) is 100 cm³/mol. The molecule has 1 aromatic heterocycles. The van der Waals surface area contributed by atoms with Crippen LogP contribution in [-0.2, 0) is 21.1 Å². The number of pyridine rings is 1. The summed E-state index contributed by atoms with van der Waals surface area (Å²) < 4.78 is 28.1. The van der Waals surface area contributed by atoms with Crippen LogP contribution in [0.4, 0.5) is 11.5 Å². The Kier molecular flexibility index (Phi) is 5.41. The first-order valence-electron chi connectivity index (χ1n) is 8.29. The minimum absolute atomic E-state index is 0.0858. The molecule has 1 aliphatic heterocycles. The number of methoxy groups -OCH3 is 1. The van der Waals surface area contributed by atoms with Crippen molar-refractivity contribution in [2.45, 2.75) is 18.9 Å². The summed E-state index contributed by atoms with van der Waals surface area (Å²) in [5.41, 5.74) is 1.62. The first-order valence-corrected chi connectivity index (χ1v) is 10.1. The van der Waals surface area contributed by atoms with E-state index in [1.807, 2.05) is 24.3 Å². The summed E-state index contributed by atoms with van der Waals surface area (Å²) in [4.78, 5) is 16.3. The van der Waals surface area contributed by atoms with Crippen LogP contribution in [0.2, 0.25) is 0 Å². The molecular formula is C18H21N3O4S. The second kappa shape index (κ2) is 7.74. The Hall–Kier alpha value is -2.61. The molecule has 1 fully saturated rings. The Balaban J connectivity index is 1.52. The van der Waals surface area contributed by atoms with Crippen molar-refractivity contribution in [3.63, 3.8) is 0 Å². The molecule has 1 aliphatic rings. The molecule has 0 radical (unpaired) electrons. The molecule has 1 unspecified atom stereocenters. The van der Waals surface area contributed by atoms with Gasteiger partial charge in [-0.2, -0.15) is 0 Å². The van der Waals surface area contributed by atoms with E-state index in [4.69, 9.17) is 4.74 Å². The molecule has 26 heavy (non-hydrogen) atoms. The quantitative estimate of drug-likeness (QED) is 0.800. The number of sulfone groups is 1. The Morgan fingerprint density at radius 2 is 2.00 bits per heavy atom. The Morgan fingerprint density at radius 1 is 1.23 bits per heavy atom. The van der Waals surface area contributed by atoms with Crippen LogP contribution in [0.25, 0.3) is 0 Å². The highest BCUT2D eigenvalue weighted by Crippen LogP contribution is 2.18. The van der Waals surface area contributed by atoms with Gasteiger partial charge < -0.3 is 15.4 Å². The highest BCUT2D eigenvalue weighted by atomic mass is 32.2. The number of carbonyl (C=O) groups is 1. The van der Waals surface area contributed by atoms with Crippen LogP contribution in [0.5, 0.6) is 5.75 Å². The highest BCUT2D eigenvalue weighted by Gasteiger charge is 2.27. The van der Waals surface area contributed by atoms with Crippen molar-refractivity contribution in [1.82, 2.24) is 4.98 Å². The maximum atomic E-state index is 12.1. The van der Waals surface area contributed by atoms with Gasteiger partial charge in [-0.15, -0.1) is 0 Å². The lowest BCUT2D eigenvalue weighted by Gasteiger charge is -2.12. The summed E-state index contributed by atoms with van der Waals surface area (Å²) in [6, 6.07) is 10.7. The van der Waals surface area contributed by atoms with E-state index in [2.05, 4.69) is 15.6 Å². The normalized spacial score (nSPS) is 18.3. The fourth-order valence-corrected chi connectivity index (χ4v) is 4.49. The van der Waals surface area contributed by atoms with Crippen LogP contribution in [0.3, 0.4) is 0 Å². The molecule has 1 amide bonds. The number of hydrogen-bond donors (Lipinski definition) is 2. The van der Waals surface area contributed by atoms with Gasteiger partial charge in [-0.25, -0.2) is 13.4 Å². The molecule has 0 aliphatic carbocycles. The number of ether oxygens (including phenoxy) is 1. The summed E-state index contributed by atoms with van der Waals surface area (Å²) in [6.07, 6.45) is 2.43. The molecule has 2 N–H and O–H groups in total. The molecule has 0 saturated carbocycles. The van der Waals surface area contributed by atoms with E-state index in [0.717, 1.165) is 17.0 Å². The third-order valence-electron chi connectivity index (χ3n) is 4.16. The SMILES string of the molecule is COc1ccc(CC(=O)Nc2ccc(NC3CCS(=O)(=O)C3)cn2)cc1. The van der Waals surface area contributed by atoms with Crippen LogP contribution in [0.1, 0.15) is 12.0 Å². The number of carbonyl (C=O) groups excluding carboxylic acids is 1. The number of nitrogens with one attached hydrogen (secondary N) is 2. The highest BCUT2D eigenvalue weighted by molar-refractivity contribution is 7.91. The molecule has 1 aromatic carbocycles. The van der Waals surface area contributed by atoms with Crippen molar-refractivity contribution < 1.29 is 17.9 Å². The minimum atomic E-state index is -2.92. The zero-order chi connectivity index (χ0) is 18.6. The zero-order valence-corrected chi connectivity index (χ0v) is 15.3. The van der Waals surface area contributed by atoms with Crippen LogP contribution < -0.4 is 15.4 Å². The number of benzene rings is 1. The minimum Gasteiger partial charge on any atom is -0.497 e. The average molecular weight is 375 g/mol. The van der Waals surface area contributed by atoms with Crippen molar-refractivity contribution in [1.29, 1.82) is 0 Å². The number of anilines is 2. The molecule has 0 spiro atoms. The van der Waals surface area contributed by atoms with Gasteiger partial charge in [-0.1, -0.05) is 12.1 Å². The van der Waals surface area contributed by atoms with Gasteiger partial charge in [0.25, 0.3) is 0 Å². The van der Waals surface area contributed by atoms with Crippen LogP contribution >= 0.6 is 0 Å². The van der Waals surface area contributed by atoms with Gasteiger partial charge in [0.15, 0.2) is 9.84 Å². The molecular weight excluding hydrogens is 354 g/mol. The van der Waals surface area contributed by atoms with Crippen molar-refractivity contribution >= 4 is 27.2 Å². The Bertz CT molecular complexity index is 864. The van der Waals surface area contributed by atoms with E-state index in [0.29, 0.717) is 12.2 Å². The lowest BCUT2D eigenvalue weighted by Crippen LogP contribution is -2.20. The molecule has 2 aromatic rings. The summed E-state index contributed by atoms with van der Waals surface area (Å²) in [7, 11) is -1.33. The van der Waals surface area contributed by atoms with Gasteiger partial charge in [0.05, 0.1) is 36.9 Å². The third-order valence-corrected chi connectivity index (χ3v) is 5.93. The number of amides is 1. The van der Waals surface area contributed by atoms with Crippen LogP contribution in [0, 0.1) is 0 Å². The van der Waals surface area contributed by atoms with Gasteiger partial charge in [0.1, 0.15) is 11.6 Å². The van der Waals surface area contributed by atoms with Gasteiger partial charge in [0, 0.05) is 6.04 Å². The van der Waals surface area contributed by atoms with Crippen molar-refractivity contribution in [3.05, 3.63) is 48.2 Å². The van der Waals surface area contributed by atoms with Crippen molar-refractivity contribution in [2.75, 3.05) is 29.2 Å². The van der Waals surface area contributed by atoms with E-state index < -0.39 is 9.84 Å². The first-order chi connectivity index (χ1) is 12.4. The molecule has 0 bridgehead atoms. The van der Waals surface area contributed by atoms with E-state index in [1.165, 1.54) is 0 Å². The van der Waals surface area contributed by atoms with Gasteiger partial charge in [-0.3, -0.25) is 4.79 Å². The predicted octanol–water partition coefficient (Wildman–Crippen LogP) is 1.87. The summed E-state index contributed by atoms with van der Waals surface area (Å²) in [5, 5.41) is 5.91. The van der Waals surface area contributed by atoms with E-state index >= 15 is 0 Å². The maximum absolute atomic E-state index is 12.1. The Morgan fingerprint density at radius 3 is 2.58 bits per heavy atom. The van der Waals surface area contributed by atoms with Gasteiger partial charge >= 0.3 is 0 Å². The Labute approximate surface area is 152 Å². The van der Waals surface area contributed by atoms with Gasteiger partial charge in [0.2, 0.25) is 5.91 Å². The summed E-state index contributed by atoms with van der Waals surface area (Å²) in [5.74, 6) is 1.40. The fraction of sp³-hybridized carbons (Fsp3) is 0.333. The number of rotatable bonds is 6. The molecule has 1 atom stereocenters. The number of nitrogens with zero attached hydrogens (tertiary/aromatic N) is 1. The molecule has 8 heteroatoms. The molecule has 138 valence electrons. The summed E-state index contributed by atoms with van der Waals surface area (Å²) >= 11 is 0. The number of aromatic nitrogens is 1. The second-order valence-electron chi connectivity index (χ2n) is 6.25. The molecule has 3 rings (SSSR count). The van der Waals surface area contributed by atoms with E-state index in [9.17, 15) is 13.2 Å². The van der Waals surface area contributed by atoms with E-state index in [1.54, 1.807) is 25.4 Å². The monoisotopic (exact) mass is 375 g/mol. The number of hydrogen-bond acceptors (Lipinski definition) is 6. The van der Waals surface area contributed by atoms with Crippen molar-refractivity contribution in [2.24, 2.45) is 0 Å². The lowest BCUT2D eigenvalue weighted by atomic mass is 10.1. The fourth-order valence-electron chi connectivity index (χ4n) is 2.81.